The fourth-order valence-corrected chi connectivity index (χ4v) is 2.01. The molecule has 0 radical (unpaired) electrons. The van der Waals surface area contributed by atoms with Crippen LogP contribution in [-0.4, -0.2) is 32.6 Å². The van der Waals surface area contributed by atoms with Gasteiger partial charge >= 0.3 is 5.97 Å². The van der Waals surface area contributed by atoms with E-state index in [1.165, 1.54) is 20.3 Å². The molecule has 0 saturated carbocycles. The Bertz CT molecular complexity index is 515. The van der Waals surface area contributed by atoms with Gasteiger partial charge in [-0.15, -0.1) is 0 Å². The van der Waals surface area contributed by atoms with Gasteiger partial charge in [-0.1, -0.05) is 0 Å². The van der Waals surface area contributed by atoms with Gasteiger partial charge in [0, 0.05) is 0 Å². The van der Waals surface area contributed by atoms with Crippen molar-refractivity contribution in [1.29, 1.82) is 0 Å². The van der Waals surface area contributed by atoms with Gasteiger partial charge in [-0.25, -0.2) is 4.79 Å². The highest BCUT2D eigenvalue weighted by molar-refractivity contribution is 9.10. The zero-order valence-electron chi connectivity index (χ0n) is 10.6. The van der Waals surface area contributed by atoms with Crippen molar-refractivity contribution in [2.24, 2.45) is 0 Å². The van der Waals surface area contributed by atoms with Crippen molar-refractivity contribution in [2.75, 3.05) is 20.8 Å². The Labute approximate surface area is 117 Å². The highest BCUT2D eigenvalue weighted by Crippen LogP contribution is 2.37. The van der Waals surface area contributed by atoms with Crippen LogP contribution in [0.5, 0.6) is 11.5 Å². The number of ketones is 1. The number of hydrogen-bond donors (Lipinski definition) is 0. The van der Waals surface area contributed by atoms with Crippen molar-refractivity contribution >= 4 is 27.7 Å². The summed E-state index contributed by atoms with van der Waals surface area (Å²) < 4.78 is 28.4. The normalized spacial score (nSPS) is 9.95. The lowest BCUT2D eigenvalue weighted by Crippen LogP contribution is -2.19. The van der Waals surface area contributed by atoms with Crippen LogP contribution in [0.2, 0.25) is 0 Å². The third kappa shape index (κ3) is 3.04. The summed E-state index contributed by atoms with van der Waals surface area (Å²) in [6, 6.07) is 1.25. The summed E-state index contributed by atoms with van der Waals surface area (Å²) in [6.45, 7) is 1.61. The van der Waals surface area contributed by atoms with Gasteiger partial charge in [0.05, 0.1) is 30.9 Å². The van der Waals surface area contributed by atoms with Crippen LogP contribution in [-0.2, 0) is 9.53 Å². The molecule has 1 aromatic rings. The molecular formula is C12H12BrFO5. The Hall–Kier alpha value is -1.63. The third-order valence-electron chi connectivity index (χ3n) is 2.25. The Balaban J connectivity index is 3.36. The average Bonchev–Trinajstić information content (AvgIpc) is 2.38. The van der Waals surface area contributed by atoms with Crippen molar-refractivity contribution in [2.45, 2.75) is 6.92 Å². The minimum Gasteiger partial charge on any atom is -0.493 e. The van der Waals surface area contributed by atoms with Crippen LogP contribution in [0.3, 0.4) is 0 Å². The van der Waals surface area contributed by atoms with Gasteiger partial charge in [-0.2, -0.15) is 4.39 Å². The monoisotopic (exact) mass is 334 g/mol. The van der Waals surface area contributed by atoms with Gasteiger partial charge in [-0.05, 0) is 28.9 Å². The van der Waals surface area contributed by atoms with Crippen molar-refractivity contribution in [3.63, 3.8) is 0 Å². The molecule has 0 aliphatic rings. The van der Waals surface area contributed by atoms with E-state index < -0.39 is 17.6 Å². The summed E-state index contributed by atoms with van der Waals surface area (Å²) in [5.41, 5.74) is -0.230. The van der Waals surface area contributed by atoms with Crippen molar-refractivity contribution < 1.29 is 28.2 Å². The van der Waals surface area contributed by atoms with E-state index >= 15 is 0 Å². The fourth-order valence-electron chi connectivity index (χ4n) is 1.45. The van der Waals surface area contributed by atoms with Crippen LogP contribution in [0.25, 0.3) is 0 Å². The van der Waals surface area contributed by atoms with E-state index in [9.17, 15) is 14.0 Å². The van der Waals surface area contributed by atoms with E-state index in [0.29, 0.717) is 0 Å². The van der Waals surface area contributed by atoms with Crippen LogP contribution in [0.15, 0.2) is 10.5 Å². The smallest absolute Gasteiger partial charge is 0.379 e. The first-order valence-corrected chi connectivity index (χ1v) is 6.08. The zero-order chi connectivity index (χ0) is 14.6. The molecule has 5 nitrogen and oxygen atoms in total. The first kappa shape index (κ1) is 15.4. The standard InChI is InChI=1S/C12H12BrFO5/c1-4-19-12(16)9(15)6-5-7(13)11(18-3)8(14)10(6)17-2/h5H,4H2,1-3H3. The maximum Gasteiger partial charge on any atom is 0.379 e. The number of hydrogen-bond acceptors (Lipinski definition) is 5. The number of esters is 1. The van der Waals surface area contributed by atoms with Crippen LogP contribution >= 0.6 is 15.9 Å². The lowest BCUT2D eigenvalue weighted by Gasteiger charge is -2.12. The maximum atomic E-state index is 14.0. The molecule has 0 aromatic heterocycles. The van der Waals surface area contributed by atoms with Gasteiger partial charge < -0.3 is 14.2 Å². The number of benzene rings is 1. The van der Waals surface area contributed by atoms with E-state index in [4.69, 9.17) is 9.47 Å². The van der Waals surface area contributed by atoms with E-state index in [0.717, 1.165) is 0 Å². The van der Waals surface area contributed by atoms with E-state index in [-0.39, 0.29) is 28.1 Å². The van der Waals surface area contributed by atoms with Crippen LogP contribution < -0.4 is 9.47 Å². The van der Waals surface area contributed by atoms with E-state index in [1.54, 1.807) is 6.92 Å². The molecule has 0 bridgehead atoms. The molecule has 104 valence electrons. The first-order valence-electron chi connectivity index (χ1n) is 5.29. The number of rotatable bonds is 5. The van der Waals surface area contributed by atoms with Crippen molar-refractivity contribution in [3.05, 3.63) is 21.9 Å². The molecule has 19 heavy (non-hydrogen) atoms. The summed E-state index contributed by atoms with van der Waals surface area (Å²) in [7, 11) is 2.46. The number of halogens is 2. The fraction of sp³-hybridized carbons (Fsp3) is 0.333. The molecule has 0 aliphatic heterocycles. The lowest BCUT2D eigenvalue weighted by atomic mass is 10.1. The van der Waals surface area contributed by atoms with E-state index in [1.807, 2.05) is 0 Å². The molecule has 0 unspecified atom stereocenters. The second-order valence-electron chi connectivity index (χ2n) is 3.34. The molecule has 1 aromatic carbocycles. The quantitative estimate of drug-likeness (QED) is 0.470. The number of methoxy groups -OCH3 is 2. The summed E-state index contributed by atoms with van der Waals surface area (Å²) in [4.78, 5) is 23.2. The SMILES string of the molecule is CCOC(=O)C(=O)c1cc(Br)c(OC)c(F)c1OC. The molecule has 0 fully saturated rings. The zero-order valence-corrected chi connectivity index (χ0v) is 12.2. The number of carbonyl (C=O) groups is 2. The summed E-state index contributed by atoms with van der Waals surface area (Å²) in [5, 5.41) is 0. The summed E-state index contributed by atoms with van der Waals surface area (Å²) in [5.74, 6) is -3.40. The Morgan fingerprint density at radius 3 is 2.32 bits per heavy atom. The summed E-state index contributed by atoms with van der Waals surface area (Å²) in [6.07, 6.45) is 0. The van der Waals surface area contributed by atoms with Crippen molar-refractivity contribution in [3.8, 4) is 11.5 Å². The largest absolute Gasteiger partial charge is 0.493 e. The third-order valence-corrected chi connectivity index (χ3v) is 2.83. The molecule has 1 rings (SSSR count). The molecule has 0 N–H and O–H groups in total. The predicted molar refractivity (Wildman–Crippen MR) is 68.2 cm³/mol. The topological polar surface area (TPSA) is 61.8 Å². The molecule has 0 heterocycles. The molecule has 0 saturated heterocycles. The Morgan fingerprint density at radius 1 is 1.26 bits per heavy atom. The van der Waals surface area contributed by atoms with Crippen LogP contribution in [0.1, 0.15) is 17.3 Å². The number of Topliss-reactive ketones (excluding diaryl/α,β-unsaturated/α-hetero) is 1. The average molecular weight is 335 g/mol. The highest BCUT2D eigenvalue weighted by Gasteiger charge is 2.27. The number of carbonyl (C=O) groups excluding carboxylic acids is 2. The molecule has 0 amide bonds. The molecule has 0 atom stereocenters. The molecule has 0 spiro atoms. The second-order valence-corrected chi connectivity index (χ2v) is 4.19. The molecule has 0 aliphatic carbocycles. The second kappa shape index (κ2) is 6.51. The van der Waals surface area contributed by atoms with Gasteiger partial charge in [0.1, 0.15) is 0 Å². The highest BCUT2D eigenvalue weighted by atomic mass is 79.9. The molecular weight excluding hydrogens is 323 g/mol. The van der Waals surface area contributed by atoms with Gasteiger partial charge in [0.2, 0.25) is 5.82 Å². The number of ether oxygens (including phenoxy) is 3. The van der Waals surface area contributed by atoms with Gasteiger partial charge in [0.15, 0.2) is 11.5 Å². The molecule has 7 heteroatoms. The predicted octanol–water partition coefficient (Wildman–Crippen LogP) is 2.35. The summed E-state index contributed by atoms with van der Waals surface area (Å²) >= 11 is 3.05. The van der Waals surface area contributed by atoms with Crippen LogP contribution in [0.4, 0.5) is 4.39 Å². The Morgan fingerprint density at radius 2 is 1.84 bits per heavy atom. The Kier molecular flexibility index (Phi) is 5.29. The van der Waals surface area contributed by atoms with Crippen LogP contribution in [0, 0.1) is 5.82 Å². The first-order chi connectivity index (χ1) is 8.97. The minimum atomic E-state index is -1.07. The van der Waals surface area contributed by atoms with E-state index in [2.05, 4.69) is 20.7 Å². The maximum absolute atomic E-state index is 14.0. The van der Waals surface area contributed by atoms with Crippen molar-refractivity contribution in [1.82, 2.24) is 0 Å². The van der Waals surface area contributed by atoms with Gasteiger partial charge in [-0.3, -0.25) is 4.79 Å². The van der Waals surface area contributed by atoms with Gasteiger partial charge in [0.25, 0.3) is 5.78 Å². The lowest BCUT2D eigenvalue weighted by molar-refractivity contribution is -0.137. The minimum absolute atomic E-state index is 0.0483.